The Labute approximate surface area is 181 Å². The van der Waals surface area contributed by atoms with Crippen molar-refractivity contribution in [2.45, 2.75) is 12.5 Å². The molecule has 0 saturated heterocycles. The molecule has 4 heterocycles. The second-order valence-corrected chi connectivity index (χ2v) is 7.40. The number of nitrogen functional groups attached to an aromatic ring is 1. The van der Waals surface area contributed by atoms with Crippen LogP contribution in [-0.2, 0) is 13.5 Å². The first kappa shape index (κ1) is 19.8. The molecule has 0 fully saturated rings. The normalized spacial score (nSPS) is 12.3. The van der Waals surface area contributed by atoms with Gasteiger partial charge in [-0.15, -0.1) is 0 Å². The molecular weight excluding hydrogens is 411 g/mol. The number of aromatic amines is 1. The third-order valence-electron chi connectivity index (χ3n) is 5.12. The summed E-state index contributed by atoms with van der Waals surface area (Å²) in [7, 11) is 1.83. The molecule has 0 bridgehead atoms. The highest BCUT2D eigenvalue weighted by molar-refractivity contribution is 5.90. The molecule has 4 aromatic heterocycles. The van der Waals surface area contributed by atoms with Gasteiger partial charge in [0.1, 0.15) is 11.3 Å². The van der Waals surface area contributed by atoms with E-state index in [1.807, 2.05) is 13.2 Å². The minimum Gasteiger partial charge on any atom is -0.388 e. The lowest BCUT2D eigenvalue weighted by atomic mass is 10.0. The first-order valence-corrected chi connectivity index (χ1v) is 9.87. The van der Waals surface area contributed by atoms with Crippen LogP contribution in [0.1, 0.15) is 17.4 Å². The predicted octanol–water partition coefficient (Wildman–Crippen LogP) is 2.81. The SMILES string of the molecule is Cn1cc(-c2cnc3[nH]cc(-c4cc(CC(O)c5ccccc5F)nc(N)n4)c3n2)cn1. The van der Waals surface area contributed by atoms with Gasteiger partial charge >= 0.3 is 0 Å². The lowest BCUT2D eigenvalue weighted by Gasteiger charge is -2.12. The number of aromatic nitrogens is 7. The number of anilines is 1. The van der Waals surface area contributed by atoms with Crippen LogP contribution in [0.4, 0.5) is 10.3 Å². The molecule has 10 heteroatoms. The van der Waals surface area contributed by atoms with Crippen LogP contribution in [-0.4, -0.2) is 39.8 Å². The van der Waals surface area contributed by atoms with E-state index in [9.17, 15) is 9.50 Å². The maximum Gasteiger partial charge on any atom is 0.220 e. The number of nitrogens with one attached hydrogen (secondary N) is 1. The summed E-state index contributed by atoms with van der Waals surface area (Å²) in [6.45, 7) is 0. The van der Waals surface area contributed by atoms with Crippen molar-refractivity contribution < 1.29 is 9.50 Å². The van der Waals surface area contributed by atoms with E-state index in [4.69, 9.17) is 10.7 Å². The number of aryl methyl sites for hydroxylation is 1. The van der Waals surface area contributed by atoms with Gasteiger partial charge in [0.05, 0.1) is 29.9 Å². The average Bonchev–Trinajstić information content (AvgIpc) is 3.39. The van der Waals surface area contributed by atoms with Crippen LogP contribution >= 0.6 is 0 Å². The topological polar surface area (TPSA) is 131 Å². The number of benzene rings is 1. The average molecular weight is 430 g/mol. The summed E-state index contributed by atoms with van der Waals surface area (Å²) in [5, 5.41) is 14.7. The van der Waals surface area contributed by atoms with Crippen molar-refractivity contribution in [2.75, 3.05) is 5.73 Å². The van der Waals surface area contributed by atoms with Crippen molar-refractivity contribution in [1.29, 1.82) is 0 Å². The zero-order valence-corrected chi connectivity index (χ0v) is 17.1. The number of hydrogen-bond donors (Lipinski definition) is 3. The van der Waals surface area contributed by atoms with E-state index < -0.39 is 11.9 Å². The van der Waals surface area contributed by atoms with E-state index in [2.05, 4.69) is 25.0 Å². The Morgan fingerprint density at radius 3 is 2.78 bits per heavy atom. The zero-order valence-electron chi connectivity index (χ0n) is 17.1. The van der Waals surface area contributed by atoms with Gasteiger partial charge in [-0.2, -0.15) is 5.10 Å². The highest BCUT2D eigenvalue weighted by atomic mass is 19.1. The number of aliphatic hydroxyl groups excluding tert-OH is 1. The van der Waals surface area contributed by atoms with E-state index in [0.29, 0.717) is 33.8 Å². The fourth-order valence-electron chi connectivity index (χ4n) is 3.59. The van der Waals surface area contributed by atoms with Crippen molar-refractivity contribution in [2.24, 2.45) is 7.05 Å². The molecule has 9 nitrogen and oxygen atoms in total. The molecule has 0 aliphatic carbocycles. The van der Waals surface area contributed by atoms with Crippen molar-refractivity contribution in [1.82, 2.24) is 34.7 Å². The molecule has 0 amide bonds. The molecule has 0 saturated carbocycles. The van der Waals surface area contributed by atoms with Crippen molar-refractivity contribution in [3.63, 3.8) is 0 Å². The fourth-order valence-corrected chi connectivity index (χ4v) is 3.59. The van der Waals surface area contributed by atoms with Crippen LogP contribution in [0.15, 0.2) is 55.1 Å². The standard InChI is InChI=1S/C22H19FN8O/c1-31-11-12(8-27-31)18-10-26-21-20(29-18)15(9-25-21)17-6-13(28-22(24)30-17)7-19(32)14-4-2-3-5-16(14)23/h2-6,8-11,19,32H,7H2,1H3,(H,25,26)(H2,24,28,30). The van der Waals surface area contributed by atoms with Gasteiger partial charge in [-0.1, -0.05) is 18.2 Å². The zero-order chi connectivity index (χ0) is 22.2. The molecule has 0 aliphatic rings. The van der Waals surface area contributed by atoms with Gasteiger partial charge in [0.25, 0.3) is 0 Å². The second kappa shape index (κ2) is 7.82. The summed E-state index contributed by atoms with van der Waals surface area (Å²) in [5.41, 5.74) is 10.6. The van der Waals surface area contributed by atoms with Crippen LogP contribution in [0.2, 0.25) is 0 Å². The molecule has 1 atom stereocenters. The minimum absolute atomic E-state index is 0.0453. The third-order valence-corrected chi connectivity index (χ3v) is 5.12. The van der Waals surface area contributed by atoms with Crippen LogP contribution in [0.25, 0.3) is 33.7 Å². The Morgan fingerprint density at radius 2 is 2.00 bits per heavy atom. The molecule has 32 heavy (non-hydrogen) atoms. The molecule has 4 N–H and O–H groups in total. The molecule has 1 unspecified atom stereocenters. The highest BCUT2D eigenvalue weighted by Gasteiger charge is 2.17. The number of aliphatic hydroxyl groups is 1. The Morgan fingerprint density at radius 1 is 1.16 bits per heavy atom. The second-order valence-electron chi connectivity index (χ2n) is 7.40. The highest BCUT2D eigenvalue weighted by Crippen LogP contribution is 2.29. The van der Waals surface area contributed by atoms with Gasteiger partial charge in [-0.25, -0.2) is 24.3 Å². The number of nitrogens with two attached hydrogens (primary N) is 1. The molecule has 0 aliphatic heterocycles. The number of hydrogen-bond acceptors (Lipinski definition) is 7. The maximum absolute atomic E-state index is 14.0. The van der Waals surface area contributed by atoms with Gasteiger partial charge in [-0.3, -0.25) is 4.68 Å². The molecule has 160 valence electrons. The number of nitrogens with zero attached hydrogens (tertiary/aromatic N) is 6. The van der Waals surface area contributed by atoms with Crippen molar-refractivity contribution in [3.05, 3.63) is 72.2 Å². The Hall–Kier alpha value is -4.18. The van der Waals surface area contributed by atoms with Gasteiger partial charge in [0.15, 0.2) is 5.65 Å². The van der Waals surface area contributed by atoms with Crippen LogP contribution in [0.5, 0.6) is 0 Å². The molecule has 0 radical (unpaired) electrons. The van der Waals surface area contributed by atoms with Crippen molar-refractivity contribution >= 4 is 17.1 Å². The van der Waals surface area contributed by atoms with Crippen LogP contribution in [0, 0.1) is 5.82 Å². The lowest BCUT2D eigenvalue weighted by molar-refractivity contribution is 0.172. The number of H-pyrrole nitrogens is 1. The summed E-state index contributed by atoms with van der Waals surface area (Å²) in [6, 6.07) is 7.81. The van der Waals surface area contributed by atoms with Gasteiger partial charge < -0.3 is 15.8 Å². The number of rotatable bonds is 5. The number of halogens is 1. The maximum atomic E-state index is 14.0. The largest absolute Gasteiger partial charge is 0.388 e. The molecule has 0 spiro atoms. The van der Waals surface area contributed by atoms with E-state index in [1.165, 1.54) is 6.07 Å². The van der Waals surface area contributed by atoms with Gasteiger partial charge in [0.2, 0.25) is 5.95 Å². The predicted molar refractivity (Wildman–Crippen MR) is 117 cm³/mol. The van der Waals surface area contributed by atoms with Crippen LogP contribution in [0.3, 0.4) is 0 Å². The third kappa shape index (κ3) is 3.67. The lowest BCUT2D eigenvalue weighted by Crippen LogP contribution is -2.08. The molecule has 1 aromatic carbocycles. The van der Waals surface area contributed by atoms with E-state index >= 15 is 0 Å². The summed E-state index contributed by atoms with van der Waals surface area (Å²) in [4.78, 5) is 20.8. The van der Waals surface area contributed by atoms with Crippen molar-refractivity contribution in [3.8, 4) is 22.5 Å². The van der Waals surface area contributed by atoms with E-state index in [0.717, 1.165) is 5.56 Å². The quantitative estimate of drug-likeness (QED) is 0.391. The van der Waals surface area contributed by atoms with Gasteiger partial charge in [-0.05, 0) is 12.1 Å². The fraction of sp³-hybridized carbons (Fsp3) is 0.136. The Kier molecular flexibility index (Phi) is 4.83. The van der Waals surface area contributed by atoms with Crippen LogP contribution < -0.4 is 5.73 Å². The molecule has 5 aromatic rings. The van der Waals surface area contributed by atoms with E-state index in [-0.39, 0.29) is 17.9 Å². The monoisotopic (exact) mass is 430 g/mol. The summed E-state index contributed by atoms with van der Waals surface area (Å²) < 4.78 is 15.7. The molecule has 5 rings (SSSR count). The van der Waals surface area contributed by atoms with Gasteiger partial charge in [0, 0.05) is 48.2 Å². The first-order valence-electron chi connectivity index (χ1n) is 9.87. The minimum atomic E-state index is -1.07. The summed E-state index contributed by atoms with van der Waals surface area (Å²) in [6.07, 6.45) is 5.99. The summed E-state index contributed by atoms with van der Waals surface area (Å²) in [5.74, 6) is -0.430. The summed E-state index contributed by atoms with van der Waals surface area (Å²) >= 11 is 0. The Bertz CT molecular complexity index is 1430. The van der Waals surface area contributed by atoms with E-state index in [1.54, 1.807) is 47.5 Å². The number of fused-ring (bicyclic) bond motifs is 1. The first-order chi connectivity index (χ1) is 15.5. The molecular formula is C22H19FN8O. The smallest absolute Gasteiger partial charge is 0.220 e. The Balaban J connectivity index is 1.52.